The summed E-state index contributed by atoms with van der Waals surface area (Å²) in [6.07, 6.45) is 12.3. The Kier molecular flexibility index (Phi) is 3.59. The first-order valence-corrected chi connectivity index (χ1v) is 6.68. The zero-order valence-corrected chi connectivity index (χ0v) is 12.9. The molecule has 1 atom stereocenters. The molecule has 0 amide bonds. The molecule has 0 fully saturated rings. The van der Waals surface area contributed by atoms with Crippen LogP contribution in [0.5, 0.6) is 0 Å². The van der Waals surface area contributed by atoms with E-state index in [1.165, 1.54) is 0 Å². The van der Waals surface area contributed by atoms with E-state index < -0.39 is 5.41 Å². The van der Waals surface area contributed by atoms with Gasteiger partial charge in [-0.1, -0.05) is 32.9 Å². The van der Waals surface area contributed by atoms with E-state index in [1.54, 1.807) is 0 Å². The first-order valence-electron chi connectivity index (χ1n) is 6.68. The second-order valence-corrected chi connectivity index (χ2v) is 6.36. The van der Waals surface area contributed by atoms with Crippen LogP contribution < -0.4 is 18.9 Å². The Morgan fingerprint density at radius 3 is 2.14 bits per heavy atom. The molecular formula is C18H15LiN2. The second kappa shape index (κ2) is 4.86. The van der Waals surface area contributed by atoms with Gasteiger partial charge in [-0.2, -0.15) is 34.8 Å². The fourth-order valence-corrected chi connectivity index (χ4v) is 3.42. The summed E-state index contributed by atoms with van der Waals surface area (Å²) >= 11 is 0. The largest absolute Gasteiger partial charge is 1.00 e. The normalized spacial score (nSPS) is 25.5. The summed E-state index contributed by atoms with van der Waals surface area (Å²) in [5.41, 5.74) is 2.22. The Hall–Kier alpha value is -1.85. The fraction of sp³-hybridized carbons (Fsp3) is 0.278. The molecule has 0 aromatic rings. The first-order chi connectivity index (χ1) is 9.45. The Morgan fingerprint density at radius 1 is 1.05 bits per heavy atom. The van der Waals surface area contributed by atoms with Crippen LogP contribution in [0.3, 0.4) is 0 Å². The average molecular weight is 266 g/mol. The van der Waals surface area contributed by atoms with Gasteiger partial charge < -0.3 is 0 Å². The van der Waals surface area contributed by atoms with Gasteiger partial charge in [0.2, 0.25) is 0 Å². The van der Waals surface area contributed by atoms with Crippen molar-refractivity contribution in [1.29, 1.82) is 10.5 Å². The SMILES string of the molecule is CC(C)(C)C12C=CC(=C3C=C[C-]1C=C3)C(C#N)=C2C#N.[Li+]. The molecule has 0 heterocycles. The number of rotatable bonds is 0. The van der Waals surface area contributed by atoms with Crippen molar-refractivity contribution < 1.29 is 18.9 Å². The van der Waals surface area contributed by atoms with Crippen LogP contribution in [0.15, 0.2) is 58.7 Å². The van der Waals surface area contributed by atoms with Gasteiger partial charge in [0.25, 0.3) is 0 Å². The third-order valence-corrected chi connectivity index (χ3v) is 4.47. The Bertz CT molecular complexity index is 711. The summed E-state index contributed by atoms with van der Waals surface area (Å²) < 4.78 is 0. The maximum absolute atomic E-state index is 9.71. The number of hydrogen-bond acceptors (Lipinski definition) is 2. The van der Waals surface area contributed by atoms with E-state index in [-0.39, 0.29) is 24.3 Å². The van der Waals surface area contributed by atoms with Crippen LogP contribution in [0.2, 0.25) is 0 Å². The van der Waals surface area contributed by atoms with Crippen molar-refractivity contribution in [2.24, 2.45) is 10.8 Å². The molecule has 0 aliphatic heterocycles. The third-order valence-electron chi connectivity index (χ3n) is 4.47. The zero-order chi connectivity index (χ0) is 14.5. The molecule has 3 heteroatoms. The van der Waals surface area contributed by atoms with Crippen LogP contribution >= 0.6 is 0 Å². The van der Waals surface area contributed by atoms with Crippen LogP contribution in [-0.4, -0.2) is 0 Å². The zero-order valence-electron chi connectivity index (χ0n) is 12.9. The van der Waals surface area contributed by atoms with Crippen molar-refractivity contribution in [3.63, 3.8) is 0 Å². The third kappa shape index (κ3) is 1.81. The fourth-order valence-electron chi connectivity index (χ4n) is 3.42. The maximum atomic E-state index is 9.71. The number of hydrogen-bond donors (Lipinski definition) is 0. The summed E-state index contributed by atoms with van der Waals surface area (Å²) in [6, 6.07) is 4.57. The van der Waals surface area contributed by atoms with Gasteiger partial charge in [0, 0.05) is 5.41 Å². The van der Waals surface area contributed by atoms with Crippen LogP contribution in [0.4, 0.5) is 0 Å². The first kappa shape index (κ1) is 15.5. The Labute approximate surface area is 138 Å². The molecule has 4 bridgehead atoms. The van der Waals surface area contributed by atoms with Gasteiger partial charge in [-0.15, -0.1) is 11.5 Å². The van der Waals surface area contributed by atoms with E-state index in [2.05, 4.69) is 51.1 Å². The summed E-state index contributed by atoms with van der Waals surface area (Å²) in [5.74, 6) is 1.08. The molecule has 0 aromatic heterocycles. The quantitative estimate of drug-likeness (QED) is 0.484. The minimum absolute atomic E-state index is 0. The van der Waals surface area contributed by atoms with Crippen LogP contribution in [0.25, 0.3) is 0 Å². The number of nitrogens with zero attached hydrogens (tertiary/aromatic N) is 2. The summed E-state index contributed by atoms with van der Waals surface area (Å²) in [4.78, 5) is 0. The van der Waals surface area contributed by atoms with Gasteiger partial charge in [0.1, 0.15) is 6.07 Å². The maximum Gasteiger partial charge on any atom is 1.00 e. The van der Waals surface area contributed by atoms with Crippen molar-refractivity contribution in [3.8, 4) is 12.1 Å². The molecule has 0 aromatic carbocycles. The molecule has 0 radical (unpaired) electrons. The van der Waals surface area contributed by atoms with E-state index in [1.807, 2.05) is 18.2 Å². The van der Waals surface area contributed by atoms with Gasteiger partial charge in [-0.05, 0) is 11.0 Å². The van der Waals surface area contributed by atoms with E-state index >= 15 is 0 Å². The summed E-state index contributed by atoms with van der Waals surface area (Å²) in [6.45, 7) is 6.35. The van der Waals surface area contributed by atoms with Gasteiger partial charge in [-0.25, -0.2) is 0 Å². The number of nitriles is 2. The predicted molar refractivity (Wildman–Crippen MR) is 77.8 cm³/mol. The van der Waals surface area contributed by atoms with Gasteiger partial charge >= 0.3 is 18.9 Å². The average Bonchev–Trinajstić information content (AvgIpc) is 2.40. The molecule has 0 saturated heterocycles. The smallest absolute Gasteiger partial charge is 0.193 e. The molecule has 1 unspecified atom stereocenters. The van der Waals surface area contributed by atoms with Crippen molar-refractivity contribution >= 4 is 0 Å². The minimum atomic E-state index is -0.532. The van der Waals surface area contributed by atoms with Gasteiger partial charge in [-0.3, -0.25) is 0 Å². The van der Waals surface area contributed by atoms with Crippen molar-refractivity contribution in [2.45, 2.75) is 20.8 Å². The molecule has 6 rings (SSSR count). The minimum Gasteiger partial charge on any atom is -0.193 e. The molecule has 0 N–H and O–H groups in total. The van der Waals surface area contributed by atoms with Crippen molar-refractivity contribution in [3.05, 3.63) is 64.7 Å². The van der Waals surface area contributed by atoms with Gasteiger partial charge in [0.05, 0.1) is 17.2 Å². The van der Waals surface area contributed by atoms with Crippen LogP contribution in [0, 0.1) is 39.4 Å². The standard InChI is InChI=1S/C18H15N2.Li/c1-17(2,3)18-9-8-14(15(10-19)16(18)11-20)12-4-6-13(18)7-5-12;/h4-9H,1-3H3;/q-1;+1. The molecule has 6 aliphatic rings. The van der Waals surface area contributed by atoms with Crippen molar-refractivity contribution in [2.75, 3.05) is 0 Å². The molecule has 2 nitrogen and oxygen atoms in total. The topological polar surface area (TPSA) is 47.6 Å². The van der Waals surface area contributed by atoms with E-state index in [0.717, 1.165) is 17.1 Å². The molecule has 0 saturated carbocycles. The molecular weight excluding hydrogens is 251 g/mol. The van der Waals surface area contributed by atoms with Crippen LogP contribution in [0.1, 0.15) is 20.8 Å². The van der Waals surface area contributed by atoms with Gasteiger partial charge in [0.15, 0.2) is 0 Å². The summed E-state index contributed by atoms with van der Waals surface area (Å²) in [5, 5.41) is 19.3. The van der Waals surface area contributed by atoms with Crippen LogP contribution in [-0.2, 0) is 0 Å². The molecule has 0 spiro atoms. The van der Waals surface area contributed by atoms with Crippen molar-refractivity contribution in [1.82, 2.24) is 0 Å². The Morgan fingerprint density at radius 2 is 1.67 bits per heavy atom. The van der Waals surface area contributed by atoms with E-state index in [9.17, 15) is 10.5 Å². The Balaban J connectivity index is 0.00000161. The van der Waals surface area contributed by atoms with E-state index in [0.29, 0.717) is 11.1 Å². The molecule has 21 heavy (non-hydrogen) atoms. The molecule has 6 aliphatic carbocycles. The summed E-state index contributed by atoms with van der Waals surface area (Å²) in [7, 11) is 0. The monoisotopic (exact) mass is 266 g/mol. The van der Waals surface area contributed by atoms with E-state index in [4.69, 9.17) is 0 Å². The number of allylic oxidation sites excluding steroid dienone is 10. The molecule has 98 valence electrons. The predicted octanol–water partition coefficient (Wildman–Crippen LogP) is 0.947. The second-order valence-electron chi connectivity index (χ2n) is 6.36.